The molecule has 126 valence electrons. The first kappa shape index (κ1) is 16.8. The van der Waals surface area contributed by atoms with E-state index in [-0.39, 0.29) is 13.2 Å². The van der Waals surface area contributed by atoms with E-state index in [1.54, 1.807) is 18.4 Å². The third-order valence-corrected chi connectivity index (χ3v) is 4.46. The predicted octanol–water partition coefficient (Wildman–Crippen LogP) is 3.87. The molecule has 1 heterocycles. The molecule has 0 bridgehead atoms. The van der Waals surface area contributed by atoms with Gasteiger partial charge in [-0.15, -0.1) is 11.3 Å². The fourth-order valence-electron chi connectivity index (χ4n) is 2.47. The molecule has 3 aromatic rings. The van der Waals surface area contributed by atoms with E-state index in [4.69, 9.17) is 14.2 Å². The van der Waals surface area contributed by atoms with E-state index in [2.05, 4.69) is 0 Å². The number of thiophene rings is 1. The van der Waals surface area contributed by atoms with E-state index in [9.17, 15) is 5.11 Å². The number of aliphatic hydroxyl groups excluding tert-OH is 1. The fraction of sp³-hybridized carbons (Fsp3) is 0.263. The second-order valence-corrected chi connectivity index (χ2v) is 6.41. The lowest BCUT2D eigenvalue weighted by Crippen LogP contribution is -2.23. The molecule has 24 heavy (non-hydrogen) atoms. The summed E-state index contributed by atoms with van der Waals surface area (Å²) in [4.78, 5) is 1.14. The maximum atomic E-state index is 10.0. The number of hydrogen-bond donors (Lipinski definition) is 1. The zero-order valence-electron chi connectivity index (χ0n) is 13.5. The van der Waals surface area contributed by atoms with E-state index in [0.717, 1.165) is 15.6 Å². The van der Waals surface area contributed by atoms with Gasteiger partial charge in [0.1, 0.15) is 12.7 Å². The summed E-state index contributed by atoms with van der Waals surface area (Å²) in [6.07, 6.45) is -0.693. The van der Waals surface area contributed by atoms with Gasteiger partial charge < -0.3 is 19.3 Å². The van der Waals surface area contributed by atoms with E-state index in [1.165, 1.54) is 0 Å². The van der Waals surface area contributed by atoms with Gasteiger partial charge in [-0.05, 0) is 22.9 Å². The molecular formula is C19H20O4S. The Hall–Kier alpha value is -2.08. The van der Waals surface area contributed by atoms with Crippen molar-refractivity contribution in [2.45, 2.75) is 12.7 Å². The van der Waals surface area contributed by atoms with E-state index < -0.39 is 6.10 Å². The molecule has 0 radical (unpaired) electrons. The summed E-state index contributed by atoms with van der Waals surface area (Å²) in [5.74, 6) is 1.30. The number of hydrogen-bond acceptors (Lipinski definition) is 5. The molecule has 1 atom stereocenters. The Morgan fingerprint density at radius 3 is 2.71 bits per heavy atom. The van der Waals surface area contributed by atoms with Crippen LogP contribution < -0.4 is 9.47 Å². The summed E-state index contributed by atoms with van der Waals surface area (Å²) < 4.78 is 16.7. The summed E-state index contributed by atoms with van der Waals surface area (Å²) in [6.45, 7) is 0.890. The Bertz CT molecular complexity index is 770. The van der Waals surface area contributed by atoms with Gasteiger partial charge in [-0.25, -0.2) is 0 Å². The van der Waals surface area contributed by atoms with Crippen LogP contribution in [0.3, 0.4) is 0 Å². The van der Waals surface area contributed by atoms with Gasteiger partial charge in [0.25, 0.3) is 0 Å². The van der Waals surface area contributed by atoms with Gasteiger partial charge in [0, 0.05) is 10.3 Å². The fourth-order valence-corrected chi connectivity index (χ4v) is 3.11. The monoisotopic (exact) mass is 344 g/mol. The van der Waals surface area contributed by atoms with Crippen LogP contribution in [0.1, 0.15) is 4.88 Å². The molecule has 0 aliphatic heterocycles. The predicted molar refractivity (Wildman–Crippen MR) is 96.0 cm³/mol. The molecule has 3 rings (SSSR count). The average molecular weight is 344 g/mol. The number of fused-ring (bicyclic) bond motifs is 1. The Morgan fingerprint density at radius 2 is 1.92 bits per heavy atom. The maximum Gasteiger partial charge on any atom is 0.168 e. The largest absolute Gasteiger partial charge is 0.492 e. The van der Waals surface area contributed by atoms with Crippen LogP contribution in [0.25, 0.3) is 10.8 Å². The number of rotatable bonds is 8. The van der Waals surface area contributed by atoms with Gasteiger partial charge in [0.15, 0.2) is 11.5 Å². The Kier molecular flexibility index (Phi) is 5.69. The van der Waals surface area contributed by atoms with Crippen LogP contribution in [-0.2, 0) is 11.3 Å². The highest BCUT2D eigenvalue weighted by atomic mass is 32.1. The lowest BCUT2D eigenvalue weighted by Gasteiger charge is -2.16. The molecule has 1 aromatic heterocycles. The van der Waals surface area contributed by atoms with Crippen LogP contribution in [0, 0.1) is 0 Å². The van der Waals surface area contributed by atoms with Crippen molar-refractivity contribution in [1.29, 1.82) is 0 Å². The third-order valence-electron chi connectivity index (χ3n) is 3.61. The second-order valence-electron chi connectivity index (χ2n) is 5.38. The molecule has 5 heteroatoms. The minimum atomic E-state index is -0.693. The molecule has 1 N–H and O–H groups in total. The van der Waals surface area contributed by atoms with Gasteiger partial charge in [-0.2, -0.15) is 0 Å². The summed E-state index contributed by atoms with van der Waals surface area (Å²) in [6, 6.07) is 15.8. The molecule has 0 saturated heterocycles. The van der Waals surface area contributed by atoms with E-state index >= 15 is 0 Å². The van der Waals surface area contributed by atoms with Crippen molar-refractivity contribution >= 4 is 22.1 Å². The Morgan fingerprint density at radius 1 is 1.04 bits per heavy atom. The van der Waals surface area contributed by atoms with E-state index in [0.29, 0.717) is 18.1 Å². The van der Waals surface area contributed by atoms with Crippen molar-refractivity contribution in [3.8, 4) is 11.5 Å². The first-order chi connectivity index (χ1) is 11.8. The average Bonchev–Trinajstić information content (AvgIpc) is 3.12. The van der Waals surface area contributed by atoms with Crippen LogP contribution in [0.2, 0.25) is 0 Å². The number of ether oxygens (including phenoxy) is 3. The molecule has 2 aromatic carbocycles. The molecule has 0 amide bonds. The smallest absolute Gasteiger partial charge is 0.168 e. The van der Waals surface area contributed by atoms with Crippen molar-refractivity contribution in [1.82, 2.24) is 0 Å². The van der Waals surface area contributed by atoms with Crippen LogP contribution in [0.5, 0.6) is 11.5 Å². The highest BCUT2D eigenvalue weighted by molar-refractivity contribution is 7.09. The lowest BCUT2D eigenvalue weighted by molar-refractivity contribution is 0.00588. The minimum Gasteiger partial charge on any atom is -0.492 e. The molecule has 0 aliphatic rings. The summed E-state index contributed by atoms with van der Waals surface area (Å²) in [5.41, 5.74) is 0. The normalized spacial score (nSPS) is 12.2. The molecule has 4 nitrogen and oxygen atoms in total. The van der Waals surface area contributed by atoms with Crippen molar-refractivity contribution in [3.05, 3.63) is 58.8 Å². The van der Waals surface area contributed by atoms with E-state index in [1.807, 2.05) is 53.9 Å². The highest BCUT2D eigenvalue weighted by Crippen LogP contribution is 2.35. The van der Waals surface area contributed by atoms with Gasteiger partial charge >= 0.3 is 0 Å². The second kappa shape index (κ2) is 8.15. The maximum absolute atomic E-state index is 10.0. The summed E-state index contributed by atoms with van der Waals surface area (Å²) >= 11 is 1.64. The highest BCUT2D eigenvalue weighted by Gasteiger charge is 2.12. The first-order valence-corrected chi connectivity index (χ1v) is 8.62. The van der Waals surface area contributed by atoms with Crippen molar-refractivity contribution in [3.63, 3.8) is 0 Å². The minimum absolute atomic E-state index is 0.152. The van der Waals surface area contributed by atoms with Gasteiger partial charge in [-0.1, -0.05) is 36.4 Å². The van der Waals surface area contributed by atoms with Crippen LogP contribution in [0.4, 0.5) is 0 Å². The number of methoxy groups -OCH3 is 1. The van der Waals surface area contributed by atoms with Crippen LogP contribution >= 0.6 is 11.3 Å². The number of aliphatic hydroxyl groups is 1. The first-order valence-electron chi connectivity index (χ1n) is 7.74. The van der Waals surface area contributed by atoms with Crippen molar-refractivity contribution in [2.75, 3.05) is 20.3 Å². The van der Waals surface area contributed by atoms with Crippen molar-refractivity contribution in [2.24, 2.45) is 0 Å². The van der Waals surface area contributed by atoms with Crippen molar-refractivity contribution < 1.29 is 19.3 Å². The van der Waals surface area contributed by atoms with Gasteiger partial charge in [0.05, 0.1) is 20.3 Å². The standard InChI is InChI=1S/C19H20O4S/c1-21-19-17-7-3-2-5-14(17)8-9-18(19)23-12-15(20)11-22-13-16-6-4-10-24-16/h2-10,15,20H,11-13H2,1H3. The summed E-state index contributed by atoms with van der Waals surface area (Å²) in [5, 5.41) is 14.1. The third kappa shape index (κ3) is 4.06. The topological polar surface area (TPSA) is 47.9 Å². The molecule has 0 saturated carbocycles. The molecule has 0 spiro atoms. The molecule has 0 aliphatic carbocycles. The molecular weight excluding hydrogens is 324 g/mol. The van der Waals surface area contributed by atoms with Gasteiger partial charge in [-0.3, -0.25) is 0 Å². The zero-order valence-corrected chi connectivity index (χ0v) is 14.3. The quantitative estimate of drug-likeness (QED) is 0.674. The summed E-state index contributed by atoms with van der Waals surface area (Å²) in [7, 11) is 1.62. The number of benzene rings is 2. The Labute approximate surface area is 145 Å². The lowest BCUT2D eigenvalue weighted by atomic mass is 10.1. The Balaban J connectivity index is 1.56. The van der Waals surface area contributed by atoms with Crippen LogP contribution in [0.15, 0.2) is 53.9 Å². The zero-order chi connectivity index (χ0) is 16.8. The molecule has 0 fully saturated rings. The molecule has 1 unspecified atom stereocenters. The van der Waals surface area contributed by atoms with Gasteiger partial charge in [0.2, 0.25) is 0 Å². The SMILES string of the molecule is COc1c(OCC(O)COCc2cccs2)ccc2ccccc12. The van der Waals surface area contributed by atoms with Crippen LogP contribution in [-0.4, -0.2) is 31.5 Å².